The zero-order chi connectivity index (χ0) is 13.9. The highest BCUT2D eigenvalue weighted by molar-refractivity contribution is 5.95. The number of nitrogens with zero attached hydrogens (tertiary/aromatic N) is 2. The first-order chi connectivity index (χ1) is 9.78. The zero-order valence-corrected chi connectivity index (χ0v) is 11.3. The van der Waals surface area contributed by atoms with Crippen molar-refractivity contribution in [1.82, 2.24) is 15.0 Å². The summed E-state index contributed by atoms with van der Waals surface area (Å²) in [4.78, 5) is 23.3. The number of rotatable bonds is 3. The van der Waals surface area contributed by atoms with E-state index in [0.717, 1.165) is 35.0 Å². The van der Waals surface area contributed by atoms with E-state index in [-0.39, 0.29) is 5.56 Å². The Morgan fingerprint density at radius 2 is 2.15 bits per heavy atom. The van der Waals surface area contributed by atoms with Gasteiger partial charge in [0.25, 0.3) is 5.56 Å². The number of aromatic amines is 1. The SMILES string of the molecule is CCCc1nc(-c2cccc3cnccc23)cc(=O)[nH]1. The van der Waals surface area contributed by atoms with Crippen molar-refractivity contribution in [1.29, 1.82) is 0 Å². The van der Waals surface area contributed by atoms with Crippen LogP contribution in [0.25, 0.3) is 22.0 Å². The van der Waals surface area contributed by atoms with Gasteiger partial charge in [-0.3, -0.25) is 9.78 Å². The lowest BCUT2D eigenvalue weighted by Crippen LogP contribution is -2.11. The first-order valence-corrected chi connectivity index (χ1v) is 6.71. The van der Waals surface area contributed by atoms with E-state index in [1.165, 1.54) is 0 Å². The molecule has 3 rings (SSSR count). The molecule has 0 aliphatic rings. The third kappa shape index (κ3) is 2.32. The molecule has 2 heterocycles. The lowest BCUT2D eigenvalue weighted by molar-refractivity contribution is 0.828. The molecule has 2 aromatic heterocycles. The molecule has 0 atom stereocenters. The van der Waals surface area contributed by atoms with Gasteiger partial charge in [0.15, 0.2) is 0 Å². The third-order valence-corrected chi connectivity index (χ3v) is 3.23. The Hall–Kier alpha value is -2.49. The molecule has 0 aliphatic heterocycles. The normalized spacial score (nSPS) is 10.8. The number of nitrogens with one attached hydrogen (secondary N) is 1. The van der Waals surface area contributed by atoms with Gasteiger partial charge in [0.1, 0.15) is 5.82 Å². The molecule has 4 nitrogen and oxygen atoms in total. The number of fused-ring (bicyclic) bond motifs is 1. The van der Waals surface area contributed by atoms with Crippen LogP contribution >= 0.6 is 0 Å². The van der Waals surface area contributed by atoms with Crippen LogP contribution < -0.4 is 5.56 Å². The van der Waals surface area contributed by atoms with Crippen LogP contribution in [-0.2, 0) is 6.42 Å². The maximum absolute atomic E-state index is 11.8. The van der Waals surface area contributed by atoms with E-state index in [1.807, 2.05) is 30.5 Å². The number of H-pyrrole nitrogens is 1. The molecule has 100 valence electrons. The number of hydrogen-bond acceptors (Lipinski definition) is 3. The monoisotopic (exact) mass is 265 g/mol. The van der Waals surface area contributed by atoms with E-state index in [2.05, 4.69) is 21.9 Å². The molecule has 0 amide bonds. The highest BCUT2D eigenvalue weighted by atomic mass is 16.1. The summed E-state index contributed by atoms with van der Waals surface area (Å²) in [6.45, 7) is 2.07. The minimum atomic E-state index is -0.107. The summed E-state index contributed by atoms with van der Waals surface area (Å²) in [5.41, 5.74) is 1.58. The van der Waals surface area contributed by atoms with Crippen LogP contribution in [0.15, 0.2) is 47.5 Å². The average Bonchev–Trinajstić information content (AvgIpc) is 2.46. The molecule has 0 aliphatic carbocycles. The average molecular weight is 265 g/mol. The first-order valence-electron chi connectivity index (χ1n) is 6.71. The Kier molecular flexibility index (Phi) is 3.29. The summed E-state index contributed by atoms with van der Waals surface area (Å²) in [5.74, 6) is 0.737. The molecular formula is C16H15N3O. The van der Waals surface area contributed by atoms with Crippen LogP contribution in [0.4, 0.5) is 0 Å². The van der Waals surface area contributed by atoms with Crippen molar-refractivity contribution in [2.24, 2.45) is 0 Å². The molecule has 0 saturated carbocycles. The summed E-state index contributed by atoms with van der Waals surface area (Å²) in [5, 5.41) is 2.10. The molecule has 0 radical (unpaired) electrons. The second-order valence-corrected chi connectivity index (χ2v) is 4.73. The highest BCUT2D eigenvalue weighted by Gasteiger charge is 2.07. The van der Waals surface area contributed by atoms with Crippen molar-refractivity contribution in [3.63, 3.8) is 0 Å². The van der Waals surface area contributed by atoms with Crippen molar-refractivity contribution in [2.45, 2.75) is 19.8 Å². The lowest BCUT2D eigenvalue weighted by Gasteiger charge is -2.07. The Morgan fingerprint density at radius 1 is 1.25 bits per heavy atom. The Labute approximate surface area is 116 Å². The molecule has 1 aromatic carbocycles. The highest BCUT2D eigenvalue weighted by Crippen LogP contribution is 2.25. The molecule has 0 spiro atoms. The van der Waals surface area contributed by atoms with Crippen molar-refractivity contribution < 1.29 is 0 Å². The number of pyridine rings is 1. The van der Waals surface area contributed by atoms with Crippen molar-refractivity contribution >= 4 is 10.8 Å². The van der Waals surface area contributed by atoms with Crippen LogP contribution in [0.3, 0.4) is 0 Å². The van der Waals surface area contributed by atoms with Crippen LogP contribution in [0.1, 0.15) is 19.2 Å². The molecule has 1 N–H and O–H groups in total. The minimum absolute atomic E-state index is 0.107. The van der Waals surface area contributed by atoms with E-state index >= 15 is 0 Å². The number of benzene rings is 1. The molecule has 3 aromatic rings. The topological polar surface area (TPSA) is 58.6 Å². The van der Waals surface area contributed by atoms with Crippen LogP contribution in [0.2, 0.25) is 0 Å². The molecule has 0 saturated heterocycles. The van der Waals surface area contributed by atoms with Gasteiger partial charge in [-0.05, 0) is 17.9 Å². The van der Waals surface area contributed by atoms with Crippen molar-refractivity contribution in [3.8, 4) is 11.3 Å². The van der Waals surface area contributed by atoms with Crippen LogP contribution in [-0.4, -0.2) is 15.0 Å². The number of aryl methyl sites for hydroxylation is 1. The Bertz CT molecular complexity index is 803. The number of hydrogen-bond donors (Lipinski definition) is 1. The van der Waals surface area contributed by atoms with Gasteiger partial charge >= 0.3 is 0 Å². The molecule has 4 heteroatoms. The van der Waals surface area contributed by atoms with Gasteiger partial charge in [0, 0.05) is 35.8 Å². The standard InChI is InChI=1S/C16H15N3O/c1-2-4-15-18-14(9-16(20)19-15)13-6-3-5-11-10-17-8-7-12(11)13/h3,5-10H,2,4H2,1H3,(H,18,19,20). The predicted octanol–water partition coefficient (Wildman–Crippen LogP) is 2.94. The Morgan fingerprint density at radius 3 is 3.00 bits per heavy atom. The first kappa shape index (κ1) is 12.5. The largest absolute Gasteiger partial charge is 0.311 e. The van der Waals surface area contributed by atoms with Crippen molar-refractivity contribution in [3.05, 3.63) is 58.9 Å². The van der Waals surface area contributed by atoms with Gasteiger partial charge in [-0.1, -0.05) is 25.1 Å². The van der Waals surface area contributed by atoms with Gasteiger partial charge in [-0.25, -0.2) is 4.98 Å². The van der Waals surface area contributed by atoms with E-state index < -0.39 is 0 Å². The van der Waals surface area contributed by atoms with Gasteiger partial charge in [0.05, 0.1) is 5.69 Å². The fourth-order valence-corrected chi connectivity index (χ4v) is 2.35. The summed E-state index contributed by atoms with van der Waals surface area (Å²) in [6.07, 6.45) is 5.30. The second-order valence-electron chi connectivity index (χ2n) is 4.73. The second kappa shape index (κ2) is 5.25. The van der Waals surface area contributed by atoms with Crippen molar-refractivity contribution in [2.75, 3.05) is 0 Å². The van der Waals surface area contributed by atoms with Gasteiger partial charge < -0.3 is 4.98 Å². The molecule has 0 unspecified atom stereocenters. The quantitative estimate of drug-likeness (QED) is 0.792. The fraction of sp³-hybridized carbons (Fsp3) is 0.188. The molecule has 20 heavy (non-hydrogen) atoms. The smallest absolute Gasteiger partial charge is 0.251 e. The predicted molar refractivity (Wildman–Crippen MR) is 79.6 cm³/mol. The van der Waals surface area contributed by atoms with E-state index in [9.17, 15) is 4.79 Å². The summed E-state index contributed by atoms with van der Waals surface area (Å²) in [7, 11) is 0. The lowest BCUT2D eigenvalue weighted by atomic mass is 10.0. The van der Waals surface area contributed by atoms with E-state index in [0.29, 0.717) is 5.69 Å². The summed E-state index contributed by atoms with van der Waals surface area (Å²) in [6, 6.07) is 9.45. The maximum atomic E-state index is 11.8. The maximum Gasteiger partial charge on any atom is 0.251 e. The van der Waals surface area contributed by atoms with E-state index in [4.69, 9.17) is 0 Å². The number of aromatic nitrogens is 3. The van der Waals surface area contributed by atoms with Gasteiger partial charge in [0.2, 0.25) is 0 Å². The fourth-order valence-electron chi connectivity index (χ4n) is 2.35. The molecule has 0 fully saturated rings. The summed E-state index contributed by atoms with van der Waals surface area (Å²) < 4.78 is 0. The minimum Gasteiger partial charge on any atom is -0.311 e. The molecule has 0 bridgehead atoms. The zero-order valence-electron chi connectivity index (χ0n) is 11.3. The van der Waals surface area contributed by atoms with Gasteiger partial charge in [-0.2, -0.15) is 0 Å². The molecular weight excluding hydrogens is 250 g/mol. The Balaban J connectivity index is 2.23. The van der Waals surface area contributed by atoms with Crippen LogP contribution in [0, 0.1) is 0 Å². The van der Waals surface area contributed by atoms with E-state index in [1.54, 1.807) is 12.3 Å². The van der Waals surface area contributed by atoms with Crippen LogP contribution in [0.5, 0.6) is 0 Å². The third-order valence-electron chi connectivity index (χ3n) is 3.23. The van der Waals surface area contributed by atoms with Gasteiger partial charge in [-0.15, -0.1) is 0 Å². The summed E-state index contributed by atoms with van der Waals surface area (Å²) >= 11 is 0.